The van der Waals surface area contributed by atoms with Crippen molar-refractivity contribution in [2.75, 3.05) is 11.6 Å². The minimum Gasteiger partial charge on any atom is -0.318 e. The van der Waals surface area contributed by atoms with Gasteiger partial charge in [-0.25, -0.2) is 8.42 Å². The van der Waals surface area contributed by atoms with Gasteiger partial charge in [0.25, 0.3) is 11.1 Å². The van der Waals surface area contributed by atoms with Crippen molar-refractivity contribution in [2.45, 2.75) is 25.9 Å². The van der Waals surface area contributed by atoms with Gasteiger partial charge in [0.2, 0.25) is 15.0 Å². The molecule has 0 unspecified atom stereocenters. The summed E-state index contributed by atoms with van der Waals surface area (Å²) in [4.78, 5) is 16.3. The molecule has 0 spiro atoms. The number of aromatic nitrogens is 3. The molecule has 1 amide bonds. The van der Waals surface area contributed by atoms with Crippen LogP contribution in [0.25, 0.3) is 11.8 Å². The maximum atomic E-state index is 12.5. The molecule has 10 heteroatoms. The lowest BCUT2D eigenvalue weighted by atomic mass is 10.1. The van der Waals surface area contributed by atoms with Crippen molar-refractivity contribution in [3.63, 3.8) is 0 Å². The average Bonchev–Trinajstić information content (AvgIpc) is 3.24. The van der Waals surface area contributed by atoms with Crippen molar-refractivity contribution >= 4 is 38.5 Å². The van der Waals surface area contributed by atoms with E-state index in [1.807, 2.05) is 51.1 Å². The van der Waals surface area contributed by atoms with Crippen molar-refractivity contribution in [3.8, 4) is 11.8 Å². The summed E-state index contributed by atoms with van der Waals surface area (Å²) in [6, 6.07) is 11.8. The molecule has 0 aliphatic carbocycles. The van der Waals surface area contributed by atoms with Gasteiger partial charge in [0.15, 0.2) is 0 Å². The van der Waals surface area contributed by atoms with E-state index in [0.717, 1.165) is 46.0 Å². The Morgan fingerprint density at radius 1 is 1.27 bits per heavy atom. The molecule has 0 fully saturated rings. The summed E-state index contributed by atoms with van der Waals surface area (Å²) >= 11 is 0.734. The van der Waals surface area contributed by atoms with Crippen LogP contribution in [0.1, 0.15) is 22.5 Å². The number of hydrogen-bond donors (Lipinski definition) is 1. The molecule has 1 aromatic carbocycles. The Labute approximate surface area is 178 Å². The minimum absolute atomic E-state index is 0.00630. The SMILES string of the molecule is Cc1cccc(-n2c(C)cc(/C=C(/C#N)C(=O)Nc3nc(S(C)(=O)=O)ns3)c2C)c1. The fourth-order valence-corrected chi connectivity index (χ4v) is 4.42. The first-order valence-corrected chi connectivity index (χ1v) is 11.5. The van der Waals surface area contributed by atoms with Crippen LogP contribution in [0.5, 0.6) is 0 Å². The second kappa shape index (κ2) is 8.22. The molecule has 8 nitrogen and oxygen atoms in total. The minimum atomic E-state index is -3.57. The third-order valence-corrected chi connectivity index (χ3v) is 5.95. The largest absolute Gasteiger partial charge is 0.318 e. The number of nitriles is 1. The van der Waals surface area contributed by atoms with Gasteiger partial charge in [-0.2, -0.15) is 14.6 Å². The molecule has 30 heavy (non-hydrogen) atoms. The molecule has 0 aliphatic heterocycles. The van der Waals surface area contributed by atoms with Gasteiger partial charge in [0, 0.05) is 34.9 Å². The molecular weight excluding hydrogens is 422 g/mol. The smallest absolute Gasteiger partial charge is 0.268 e. The summed E-state index contributed by atoms with van der Waals surface area (Å²) < 4.78 is 28.7. The van der Waals surface area contributed by atoms with Crippen LogP contribution in [0, 0.1) is 32.1 Å². The zero-order valence-electron chi connectivity index (χ0n) is 16.8. The van der Waals surface area contributed by atoms with Crippen LogP contribution in [0.4, 0.5) is 5.13 Å². The topological polar surface area (TPSA) is 118 Å². The van der Waals surface area contributed by atoms with E-state index in [-0.39, 0.29) is 15.9 Å². The summed E-state index contributed by atoms with van der Waals surface area (Å²) in [6.45, 7) is 5.88. The Morgan fingerprint density at radius 2 is 2.00 bits per heavy atom. The fourth-order valence-electron chi connectivity index (χ4n) is 2.98. The zero-order chi connectivity index (χ0) is 22.1. The first-order chi connectivity index (χ1) is 14.1. The highest BCUT2D eigenvalue weighted by Gasteiger charge is 2.18. The van der Waals surface area contributed by atoms with Crippen LogP contribution >= 0.6 is 11.5 Å². The van der Waals surface area contributed by atoms with Gasteiger partial charge in [0.05, 0.1) is 0 Å². The lowest BCUT2D eigenvalue weighted by Crippen LogP contribution is -2.13. The van der Waals surface area contributed by atoms with Gasteiger partial charge in [0.1, 0.15) is 11.6 Å². The first-order valence-electron chi connectivity index (χ1n) is 8.83. The van der Waals surface area contributed by atoms with Crippen LogP contribution in [0.2, 0.25) is 0 Å². The Balaban J connectivity index is 1.91. The standard InChI is InChI=1S/C20H19N5O3S2/c1-12-6-5-7-17(8-12)25-13(2)9-15(14(25)3)10-16(11-21)18(26)22-19-23-20(24-29-19)30(4,27)28/h5-10H,1-4H3,(H,22,23,24,26)/b16-10-. The van der Waals surface area contributed by atoms with Crippen LogP contribution in [0.3, 0.4) is 0 Å². The third-order valence-electron chi connectivity index (χ3n) is 4.35. The molecule has 1 N–H and O–H groups in total. The van der Waals surface area contributed by atoms with E-state index in [4.69, 9.17) is 0 Å². The number of sulfone groups is 1. The van der Waals surface area contributed by atoms with Crippen molar-refractivity contribution in [3.05, 3.63) is 58.4 Å². The highest BCUT2D eigenvalue weighted by atomic mass is 32.2. The van der Waals surface area contributed by atoms with Crippen LogP contribution in [-0.2, 0) is 14.6 Å². The number of rotatable bonds is 5. The van der Waals surface area contributed by atoms with E-state index in [2.05, 4.69) is 25.3 Å². The van der Waals surface area contributed by atoms with Gasteiger partial charge in [-0.05, 0) is 56.2 Å². The lowest BCUT2D eigenvalue weighted by Gasteiger charge is -2.10. The quantitative estimate of drug-likeness (QED) is 0.480. The van der Waals surface area contributed by atoms with Gasteiger partial charge in [-0.15, -0.1) is 0 Å². The van der Waals surface area contributed by atoms with E-state index in [9.17, 15) is 18.5 Å². The zero-order valence-corrected chi connectivity index (χ0v) is 18.4. The number of nitrogens with zero attached hydrogens (tertiary/aromatic N) is 4. The van der Waals surface area contributed by atoms with Crippen molar-refractivity contribution in [2.24, 2.45) is 0 Å². The summed E-state index contributed by atoms with van der Waals surface area (Å²) in [6.07, 6.45) is 2.48. The molecule has 0 saturated heterocycles. The fraction of sp³-hybridized carbons (Fsp3) is 0.200. The number of carbonyl (C=O) groups excluding carboxylic acids is 1. The van der Waals surface area contributed by atoms with Crippen LogP contribution in [0.15, 0.2) is 41.1 Å². The van der Waals surface area contributed by atoms with E-state index >= 15 is 0 Å². The van der Waals surface area contributed by atoms with Gasteiger partial charge < -0.3 is 4.57 Å². The molecule has 0 atom stereocenters. The van der Waals surface area contributed by atoms with Crippen LogP contribution in [-0.4, -0.2) is 34.5 Å². The van der Waals surface area contributed by atoms with E-state index < -0.39 is 15.7 Å². The van der Waals surface area contributed by atoms with E-state index in [1.54, 1.807) is 0 Å². The van der Waals surface area contributed by atoms with Crippen molar-refractivity contribution in [1.29, 1.82) is 5.26 Å². The Hall–Kier alpha value is -3.29. The summed E-state index contributed by atoms with van der Waals surface area (Å²) in [5.74, 6) is -0.686. The van der Waals surface area contributed by atoms with Gasteiger partial charge in [-0.3, -0.25) is 10.1 Å². The van der Waals surface area contributed by atoms with Gasteiger partial charge >= 0.3 is 0 Å². The van der Waals surface area contributed by atoms with Gasteiger partial charge in [-0.1, -0.05) is 12.1 Å². The number of nitrogens with one attached hydrogen (secondary N) is 1. The second-order valence-corrected chi connectivity index (χ2v) is 9.44. The molecule has 0 bridgehead atoms. The predicted molar refractivity (Wildman–Crippen MR) is 115 cm³/mol. The van der Waals surface area contributed by atoms with Crippen LogP contribution < -0.4 is 5.32 Å². The van der Waals surface area contributed by atoms with Crippen molar-refractivity contribution in [1.82, 2.24) is 13.9 Å². The van der Waals surface area contributed by atoms with Crippen molar-refractivity contribution < 1.29 is 13.2 Å². The Kier molecular flexibility index (Phi) is 5.87. The summed E-state index contributed by atoms with van der Waals surface area (Å²) in [5.41, 5.74) is 4.57. The maximum absolute atomic E-state index is 12.5. The predicted octanol–water partition coefficient (Wildman–Crippen LogP) is 3.20. The molecule has 0 saturated carbocycles. The highest BCUT2D eigenvalue weighted by molar-refractivity contribution is 7.90. The average molecular weight is 442 g/mol. The van der Waals surface area contributed by atoms with E-state index in [1.165, 1.54) is 6.08 Å². The first kappa shape index (κ1) is 21.4. The molecular formula is C20H19N5O3S2. The normalized spacial score (nSPS) is 11.9. The monoisotopic (exact) mass is 441 g/mol. The summed E-state index contributed by atoms with van der Waals surface area (Å²) in [7, 11) is -3.57. The number of anilines is 1. The lowest BCUT2D eigenvalue weighted by molar-refractivity contribution is -0.112. The maximum Gasteiger partial charge on any atom is 0.268 e. The molecule has 3 rings (SSSR count). The molecule has 154 valence electrons. The summed E-state index contributed by atoms with van der Waals surface area (Å²) in [5, 5.41) is 11.5. The number of hydrogen-bond acceptors (Lipinski definition) is 7. The number of amides is 1. The Morgan fingerprint density at radius 3 is 2.60 bits per heavy atom. The number of carbonyl (C=O) groups is 1. The molecule has 2 aromatic heterocycles. The number of benzene rings is 1. The molecule has 3 aromatic rings. The molecule has 0 radical (unpaired) electrons. The Bertz CT molecular complexity index is 1310. The molecule has 2 heterocycles. The molecule has 0 aliphatic rings. The van der Waals surface area contributed by atoms with E-state index in [0.29, 0.717) is 0 Å². The number of aryl methyl sites for hydroxylation is 2. The second-order valence-electron chi connectivity index (χ2n) is 6.78. The third kappa shape index (κ3) is 4.48. The highest BCUT2D eigenvalue weighted by Crippen LogP contribution is 2.24.